The summed E-state index contributed by atoms with van der Waals surface area (Å²) in [7, 11) is 0. The van der Waals surface area contributed by atoms with Gasteiger partial charge < -0.3 is 10.6 Å². The first kappa shape index (κ1) is 19.6. The summed E-state index contributed by atoms with van der Waals surface area (Å²) >= 11 is 0. The molecule has 0 aliphatic carbocycles. The van der Waals surface area contributed by atoms with Crippen molar-refractivity contribution in [3.8, 4) is 0 Å². The Labute approximate surface area is 165 Å². The third-order valence-electron chi connectivity index (χ3n) is 4.79. The van der Waals surface area contributed by atoms with Gasteiger partial charge in [-0.1, -0.05) is 45.0 Å². The van der Waals surface area contributed by atoms with Crippen molar-refractivity contribution in [1.82, 2.24) is 14.7 Å². The molecule has 0 saturated heterocycles. The van der Waals surface area contributed by atoms with E-state index in [0.29, 0.717) is 5.52 Å². The van der Waals surface area contributed by atoms with Gasteiger partial charge in [0, 0.05) is 17.9 Å². The van der Waals surface area contributed by atoms with Gasteiger partial charge in [0.2, 0.25) is 5.82 Å². The van der Waals surface area contributed by atoms with Crippen molar-refractivity contribution in [2.75, 3.05) is 5.32 Å². The Hall–Kier alpha value is -3.15. The number of amides is 2. The molecule has 2 N–H and O–H groups in total. The van der Waals surface area contributed by atoms with Crippen LogP contribution in [0.2, 0.25) is 0 Å². The maximum Gasteiger partial charge on any atom is 0.287 e. The van der Waals surface area contributed by atoms with Crippen molar-refractivity contribution < 1.29 is 9.59 Å². The second-order valence-corrected chi connectivity index (χ2v) is 7.22. The highest BCUT2D eigenvalue weighted by atomic mass is 16.2. The fourth-order valence-corrected chi connectivity index (χ4v) is 3.05. The minimum absolute atomic E-state index is 0.0266. The summed E-state index contributed by atoms with van der Waals surface area (Å²) in [5.74, 6) is -0.151. The van der Waals surface area contributed by atoms with Gasteiger partial charge in [-0.3, -0.25) is 14.0 Å². The molecule has 6 heteroatoms. The van der Waals surface area contributed by atoms with E-state index in [1.54, 1.807) is 16.7 Å². The average molecular weight is 378 g/mol. The molecule has 6 nitrogen and oxygen atoms in total. The Morgan fingerprint density at radius 2 is 1.75 bits per heavy atom. The van der Waals surface area contributed by atoms with Crippen LogP contribution in [-0.2, 0) is 0 Å². The zero-order valence-corrected chi connectivity index (χ0v) is 16.7. The molecule has 0 fully saturated rings. The van der Waals surface area contributed by atoms with Crippen LogP contribution in [0.3, 0.4) is 0 Å². The van der Waals surface area contributed by atoms with Crippen molar-refractivity contribution in [1.29, 1.82) is 0 Å². The smallest absolute Gasteiger partial charge is 0.287 e. The van der Waals surface area contributed by atoms with E-state index >= 15 is 0 Å². The Balaban J connectivity index is 1.97. The maximum absolute atomic E-state index is 13.0. The zero-order valence-electron chi connectivity index (χ0n) is 16.7. The number of carbonyl (C=O) groups excluding carboxylic acids is 2. The summed E-state index contributed by atoms with van der Waals surface area (Å²) in [6, 6.07) is 13.2. The number of anilines is 1. The molecule has 28 heavy (non-hydrogen) atoms. The van der Waals surface area contributed by atoms with Crippen LogP contribution in [0, 0.1) is 0 Å². The SMILES string of the molecule is CCC(C)NC(=O)c1nc(C(=O)Nc2ccccc2C(C)C)c2ccccn12. The summed E-state index contributed by atoms with van der Waals surface area (Å²) in [5, 5.41) is 5.87. The van der Waals surface area contributed by atoms with E-state index in [-0.39, 0.29) is 35.3 Å². The number of imidazole rings is 1. The molecule has 2 heterocycles. The van der Waals surface area contributed by atoms with E-state index in [9.17, 15) is 9.59 Å². The summed E-state index contributed by atoms with van der Waals surface area (Å²) in [4.78, 5) is 30.0. The highest BCUT2D eigenvalue weighted by Gasteiger charge is 2.22. The number of pyridine rings is 1. The Morgan fingerprint density at radius 3 is 2.46 bits per heavy atom. The van der Waals surface area contributed by atoms with Gasteiger partial charge in [0.15, 0.2) is 5.69 Å². The minimum atomic E-state index is -0.334. The number of benzene rings is 1. The summed E-state index contributed by atoms with van der Waals surface area (Å²) in [6.45, 7) is 8.09. The van der Waals surface area contributed by atoms with Gasteiger partial charge in [-0.2, -0.15) is 0 Å². The molecule has 0 radical (unpaired) electrons. The third kappa shape index (κ3) is 3.91. The lowest BCUT2D eigenvalue weighted by Gasteiger charge is -2.13. The van der Waals surface area contributed by atoms with Crippen LogP contribution < -0.4 is 10.6 Å². The zero-order chi connectivity index (χ0) is 20.3. The largest absolute Gasteiger partial charge is 0.347 e. The predicted octanol–water partition coefficient (Wildman–Crippen LogP) is 4.24. The number of carbonyl (C=O) groups is 2. The Kier molecular flexibility index (Phi) is 5.78. The molecular formula is C22H26N4O2. The molecule has 0 aliphatic rings. The second-order valence-electron chi connectivity index (χ2n) is 7.22. The standard InChI is InChI=1S/C22H26N4O2/c1-5-15(4)23-22(28)20-25-19(18-12-8-9-13-26(18)20)21(27)24-17-11-7-6-10-16(17)14(2)3/h6-15H,5H2,1-4H3,(H,23,28)(H,24,27). The van der Waals surface area contributed by atoms with Crippen LogP contribution in [0.25, 0.3) is 5.52 Å². The van der Waals surface area contributed by atoms with Gasteiger partial charge in [-0.25, -0.2) is 4.98 Å². The van der Waals surface area contributed by atoms with Gasteiger partial charge in [-0.05, 0) is 43.0 Å². The normalized spacial score (nSPS) is 12.2. The Morgan fingerprint density at radius 1 is 1.04 bits per heavy atom. The van der Waals surface area contributed by atoms with Crippen molar-refractivity contribution in [3.05, 3.63) is 65.7 Å². The molecule has 0 saturated carbocycles. The molecule has 3 aromatic rings. The number of rotatable bonds is 6. The van der Waals surface area contributed by atoms with E-state index in [4.69, 9.17) is 0 Å². The monoisotopic (exact) mass is 378 g/mol. The lowest BCUT2D eigenvalue weighted by molar-refractivity contribution is 0.0928. The van der Waals surface area contributed by atoms with Gasteiger partial charge in [0.1, 0.15) is 0 Å². The molecular weight excluding hydrogens is 352 g/mol. The van der Waals surface area contributed by atoms with Crippen molar-refractivity contribution in [2.24, 2.45) is 0 Å². The van der Waals surface area contributed by atoms with E-state index < -0.39 is 0 Å². The van der Waals surface area contributed by atoms with E-state index in [1.807, 2.05) is 50.2 Å². The van der Waals surface area contributed by atoms with Crippen molar-refractivity contribution >= 4 is 23.0 Å². The van der Waals surface area contributed by atoms with Crippen molar-refractivity contribution in [3.63, 3.8) is 0 Å². The van der Waals surface area contributed by atoms with E-state index in [0.717, 1.165) is 17.7 Å². The van der Waals surface area contributed by atoms with Crippen LogP contribution in [0.5, 0.6) is 0 Å². The van der Waals surface area contributed by atoms with Gasteiger partial charge in [-0.15, -0.1) is 0 Å². The maximum atomic E-state index is 13.0. The number of fused-ring (bicyclic) bond motifs is 1. The van der Waals surface area contributed by atoms with Crippen LogP contribution >= 0.6 is 0 Å². The molecule has 2 amide bonds. The summed E-state index contributed by atoms with van der Waals surface area (Å²) < 4.78 is 1.65. The highest BCUT2D eigenvalue weighted by molar-refractivity contribution is 6.09. The first-order valence-electron chi connectivity index (χ1n) is 9.60. The molecule has 0 spiro atoms. The van der Waals surface area contributed by atoms with Gasteiger partial charge >= 0.3 is 0 Å². The molecule has 0 aliphatic heterocycles. The summed E-state index contributed by atoms with van der Waals surface area (Å²) in [6.07, 6.45) is 2.56. The number of nitrogens with one attached hydrogen (secondary N) is 2. The third-order valence-corrected chi connectivity index (χ3v) is 4.79. The number of hydrogen-bond acceptors (Lipinski definition) is 3. The first-order valence-corrected chi connectivity index (χ1v) is 9.60. The lowest BCUT2D eigenvalue weighted by Crippen LogP contribution is -2.33. The quantitative estimate of drug-likeness (QED) is 0.674. The Bertz CT molecular complexity index is 1010. The minimum Gasteiger partial charge on any atom is -0.347 e. The molecule has 146 valence electrons. The van der Waals surface area contributed by atoms with Crippen LogP contribution in [-0.4, -0.2) is 27.2 Å². The van der Waals surface area contributed by atoms with E-state index in [1.165, 1.54) is 0 Å². The highest BCUT2D eigenvalue weighted by Crippen LogP contribution is 2.25. The fourth-order valence-electron chi connectivity index (χ4n) is 3.05. The van der Waals surface area contributed by atoms with E-state index in [2.05, 4.69) is 29.5 Å². The summed E-state index contributed by atoms with van der Waals surface area (Å²) in [5.41, 5.74) is 2.63. The molecule has 2 aromatic heterocycles. The molecule has 0 bridgehead atoms. The van der Waals surface area contributed by atoms with Crippen LogP contribution in [0.1, 0.15) is 66.7 Å². The number of para-hydroxylation sites is 1. The molecule has 1 aromatic carbocycles. The van der Waals surface area contributed by atoms with Crippen LogP contribution in [0.15, 0.2) is 48.7 Å². The van der Waals surface area contributed by atoms with Gasteiger partial charge in [0.05, 0.1) is 5.52 Å². The first-order chi connectivity index (χ1) is 13.4. The molecule has 1 unspecified atom stereocenters. The molecule has 1 atom stereocenters. The predicted molar refractivity (Wildman–Crippen MR) is 111 cm³/mol. The van der Waals surface area contributed by atoms with Crippen molar-refractivity contribution in [2.45, 2.75) is 46.1 Å². The topological polar surface area (TPSA) is 75.5 Å². The van der Waals surface area contributed by atoms with Crippen LogP contribution in [0.4, 0.5) is 5.69 Å². The second kappa shape index (κ2) is 8.25. The number of aromatic nitrogens is 2. The number of hydrogen-bond donors (Lipinski definition) is 2. The average Bonchev–Trinajstić information content (AvgIpc) is 3.08. The molecule has 3 rings (SSSR count). The fraction of sp³-hybridized carbons (Fsp3) is 0.318. The number of nitrogens with zero attached hydrogens (tertiary/aromatic N) is 2. The lowest BCUT2D eigenvalue weighted by atomic mass is 10.0. The van der Waals surface area contributed by atoms with Gasteiger partial charge in [0.25, 0.3) is 11.8 Å².